The zero-order valence-electron chi connectivity index (χ0n) is 14.1. The lowest BCUT2D eigenvalue weighted by Gasteiger charge is -2.37. The molecule has 0 saturated heterocycles. The normalized spacial score (nSPS) is 23.8. The Morgan fingerprint density at radius 3 is 2.62 bits per heavy atom. The van der Waals surface area contributed by atoms with Crippen LogP contribution in [-0.4, -0.2) is 30.6 Å². The number of aryl methyl sites for hydroxylation is 1. The smallest absolute Gasteiger partial charge is 0.0249 e. The average molecular weight is 288 g/mol. The molecule has 2 atom stereocenters. The third kappa shape index (κ3) is 5.12. The van der Waals surface area contributed by atoms with Gasteiger partial charge in [-0.25, -0.2) is 0 Å². The molecule has 21 heavy (non-hydrogen) atoms. The quantitative estimate of drug-likeness (QED) is 0.876. The molecule has 1 aromatic carbocycles. The first kappa shape index (κ1) is 16.5. The Morgan fingerprint density at radius 1 is 1.14 bits per heavy atom. The summed E-state index contributed by atoms with van der Waals surface area (Å²) < 4.78 is 0. The van der Waals surface area contributed by atoms with E-state index < -0.39 is 0 Å². The van der Waals surface area contributed by atoms with Gasteiger partial charge in [0.1, 0.15) is 0 Å². The Kier molecular flexibility index (Phi) is 6.72. The van der Waals surface area contributed by atoms with Crippen molar-refractivity contribution in [1.82, 2.24) is 10.2 Å². The molecule has 2 unspecified atom stereocenters. The zero-order valence-corrected chi connectivity index (χ0v) is 14.1. The van der Waals surface area contributed by atoms with E-state index in [2.05, 4.69) is 55.4 Å². The Hall–Kier alpha value is -0.860. The summed E-state index contributed by atoms with van der Waals surface area (Å²) in [4.78, 5) is 2.58. The topological polar surface area (TPSA) is 15.3 Å². The third-order valence-electron chi connectivity index (χ3n) is 4.78. The van der Waals surface area contributed by atoms with E-state index in [0.29, 0.717) is 12.1 Å². The predicted octanol–water partition coefficient (Wildman–Crippen LogP) is 4.13. The van der Waals surface area contributed by atoms with E-state index in [4.69, 9.17) is 0 Å². The number of benzene rings is 1. The minimum atomic E-state index is 0.658. The van der Waals surface area contributed by atoms with Gasteiger partial charge in [-0.05, 0) is 38.9 Å². The molecule has 0 bridgehead atoms. The van der Waals surface area contributed by atoms with Crippen molar-refractivity contribution in [3.8, 4) is 0 Å². The molecule has 2 heteroatoms. The monoisotopic (exact) mass is 288 g/mol. The molecule has 2 rings (SSSR count). The van der Waals surface area contributed by atoms with Gasteiger partial charge in [0, 0.05) is 18.6 Å². The molecule has 1 aromatic rings. The highest BCUT2D eigenvalue weighted by molar-refractivity contribution is 5.22. The van der Waals surface area contributed by atoms with Crippen molar-refractivity contribution < 1.29 is 0 Å². The van der Waals surface area contributed by atoms with Gasteiger partial charge >= 0.3 is 0 Å². The molecule has 1 N–H and O–H groups in total. The van der Waals surface area contributed by atoms with Crippen LogP contribution in [0.2, 0.25) is 0 Å². The molecule has 1 aliphatic carbocycles. The van der Waals surface area contributed by atoms with Crippen molar-refractivity contribution >= 4 is 0 Å². The molecule has 1 fully saturated rings. The zero-order chi connectivity index (χ0) is 15.1. The average Bonchev–Trinajstić information content (AvgIpc) is 2.42. The Balaban J connectivity index is 2.03. The first-order valence-electron chi connectivity index (χ1n) is 8.70. The molecule has 0 aliphatic heterocycles. The second-order valence-electron chi connectivity index (χ2n) is 6.63. The van der Waals surface area contributed by atoms with Crippen LogP contribution in [0.4, 0.5) is 0 Å². The van der Waals surface area contributed by atoms with Crippen molar-refractivity contribution in [3.05, 3.63) is 35.4 Å². The maximum Gasteiger partial charge on any atom is 0.0249 e. The van der Waals surface area contributed by atoms with Crippen molar-refractivity contribution in [2.75, 3.05) is 13.6 Å². The summed E-state index contributed by atoms with van der Waals surface area (Å²) in [5.74, 6) is 0. The molecule has 0 aromatic heterocycles. The van der Waals surface area contributed by atoms with Gasteiger partial charge in [-0.2, -0.15) is 0 Å². The van der Waals surface area contributed by atoms with Gasteiger partial charge in [-0.3, -0.25) is 4.90 Å². The van der Waals surface area contributed by atoms with E-state index in [0.717, 1.165) is 13.1 Å². The lowest BCUT2D eigenvalue weighted by molar-refractivity contribution is 0.157. The fourth-order valence-electron chi connectivity index (χ4n) is 3.71. The number of nitrogens with zero attached hydrogens (tertiary/aromatic N) is 1. The van der Waals surface area contributed by atoms with Crippen molar-refractivity contribution in [2.45, 2.75) is 71.0 Å². The number of rotatable bonds is 5. The van der Waals surface area contributed by atoms with E-state index >= 15 is 0 Å². The van der Waals surface area contributed by atoms with Gasteiger partial charge in [0.15, 0.2) is 0 Å². The van der Waals surface area contributed by atoms with Gasteiger partial charge in [0.2, 0.25) is 0 Å². The third-order valence-corrected chi connectivity index (χ3v) is 4.78. The van der Waals surface area contributed by atoms with Gasteiger partial charge in [-0.15, -0.1) is 0 Å². The highest BCUT2D eigenvalue weighted by Crippen LogP contribution is 2.22. The van der Waals surface area contributed by atoms with E-state index in [9.17, 15) is 0 Å². The molecular formula is C19H32N2. The van der Waals surface area contributed by atoms with Crippen LogP contribution < -0.4 is 5.32 Å². The van der Waals surface area contributed by atoms with E-state index in [1.807, 2.05) is 0 Å². The summed E-state index contributed by atoms with van der Waals surface area (Å²) in [5.41, 5.74) is 2.80. The summed E-state index contributed by atoms with van der Waals surface area (Å²) in [6.45, 7) is 6.56. The maximum absolute atomic E-state index is 3.74. The molecule has 0 heterocycles. The van der Waals surface area contributed by atoms with Crippen molar-refractivity contribution in [3.63, 3.8) is 0 Å². The number of hydrogen-bond donors (Lipinski definition) is 1. The minimum Gasteiger partial charge on any atom is -0.313 e. The summed E-state index contributed by atoms with van der Waals surface area (Å²) in [7, 11) is 2.30. The summed E-state index contributed by atoms with van der Waals surface area (Å²) in [5, 5.41) is 3.74. The first-order valence-corrected chi connectivity index (χ1v) is 8.70. The maximum atomic E-state index is 3.74. The van der Waals surface area contributed by atoms with Crippen LogP contribution in [0.3, 0.4) is 0 Å². The van der Waals surface area contributed by atoms with Gasteiger partial charge in [0.25, 0.3) is 0 Å². The molecule has 0 spiro atoms. The van der Waals surface area contributed by atoms with E-state index in [-0.39, 0.29) is 0 Å². The van der Waals surface area contributed by atoms with Gasteiger partial charge in [0.05, 0.1) is 0 Å². The molecule has 0 radical (unpaired) electrons. The first-order chi connectivity index (χ1) is 10.2. The summed E-state index contributed by atoms with van der Waals surface area (Å²) in [6, 6.07) is 10.3. The standard InChI is InChI=1S/C19H32N2/c1-4-20-18-12-7-5-6-8-13-19(18)21(3)15-17-11-9-10-16(2)14-17/h9-11,14,18-20H,4-8,12-13,15H2,1-3H3. The van der Waals surface area contributed by atoms with Gasteiger partial charge in [-0.1, -0.05) is 62.4 Å². The Labute approximate surface area is 130 Å². The number of hydrogen-bond acceptors (Lipinski definition) is 2. The Bertz CT molecular complexity index is 416. The van der Waals surface area contributed by atoms with Crippen LogP contribution in [0.5, 0.6) is 0 Å². The van der Waals surface area contributed by atoms with Crippen LogP contribution in [0, 0.1) is 6.92 Å². The van der Waals surface area contributed by atoms with Crippen LogP contribution >= 0.6 is 0 Å². The second-order valence-corrected chi connectivity index (χ2v) is 6.63. The molecule has 1 aliphatic rings. The highest BCUT2D eigenvalue weighted by Gasteiger charge is 2.25. The van der Waals surface area contributed by atoms with Crippen LogP contribution in [0.25, 0.3) is 0 Å². The molecule has 118 valence electrons. The van der Waals surface area contributed by atoms with Crippen LogP contribution in [0.15, 0.2) is 24.3 Å². The van der Waals surface area contributed by atoms with Crippen molar-refractivity contribution in [1.29, 1.82) is 0 Å². The fourth-order valence-corrected chi connectivity index (χ4v) is 3.71. The predicted molar refractivity (Wildman–Crippen MR) is 91.6 cm³/mol. The van der Waals surface area contributed by atoms with E-state index in [1.54, 1.807) is 0 Å². The Morgan fingerprint density at radius 2 is 1.90 bits per heavy atom. The fraction of sp³-hybridized carbons (Fsp3) is 0.684. The minimum absolute atomic E-state index is 0.658. The van der Waals surface area contributed by atoms with Crippen LogP contribution in [0.1, 0.15) is 56.6 Å². The van der Waals surface area contributed by atoms with Crippen molar-refractivity contribution in [2.24, 2.45) is 0 Å². The second kappa shape index (κ2) is 8.55. The lowest BCUT2D eigenvalue weighted by Crippen LogP contribution is -2.48. The number of nitrogens with one attached hydrogen (secondary N) is 1. The largest absolute Gasteiger partial charge is 0.313 e. The molecule has 2 nitrogen and oxygen atoms in total. The molecule has 0 amide bonds. The molecular weight excluding hydrogens is 256 g/mol. The molecule has 1 saturated carbocycles. The van der Waals surface area contributed by atoms with Gasteiger partial charge < -0.3 is 5.32 Å². The van der Waals surface area contributed by atoms with E-state index in [1.165, 1.54) is 49.7 Å². The summed E-state index contributed by atoms with van der Waals surface area (Å²) >= 11 is 0. The SMILES string of the molecule is CCNC1CCCCCCC1N(C)Cc1cccc(C)c1. The summed E-state index contributed by atoms with van der Waals surface area (Å²) in [6.07, 6.45) is 8.25. The number of likely N-dealkylation sites (N-methyl/N-ethyl adjacent to an activating group) is 2. The van der Waals surface area contributed by atoms with Crippen LogP contribution in [-0.2, 0) is 6.54 Å². The highest BCUT2D eigenvalue weighted by atomic mass is 15.2. The lowest BCUT2D eigenvalue weighted by atomic mass is 9.91.